The van der Waals surface area contributed by atoms with E-state index in [1.54, 1.807) is 27.7 Å². The first-order valence-electron chi connectivity index (χ1n) is 7.58. The third-order valence-electron chi connectivity index (χ3n) is 3.55. The maximum absolute atomic E-state index is 12.6. The molecule has 0 aliphatic carbocycles. The molecule has 0 aliphatic heterocycles. The molecule has 0 aromatic carbocycles. The van der Waals surface area contributed by atoms with Gasteiger partial charge in [0.1, 0.15) is 16.3 Å². The smallest absolute Gasteiger partial charge is 0.341 e. The molecule has 0 saturated carbocycles. The highest BCUT2D eigenvalue weighted by molar-refractivity contribution is 7.18. The predicted molar refractivity (Wildman–Crippen MR) is 92.3 cm³/mol. The normalized spacial score (nSPS) is 10.4. The van der Waals surface area contributed by atoms with Crippen LogP contribution in [0.3, 0.4) is 0 Å². The number of amides is 2. The van der Waals surface area contributed by atoms with Crippen LogP contribution in [0.5, 0.6) is 0 Å². The molecule has 0 saturated heterocycles. The number of aromatic nitrogens is 1. The molecule has 2 aromatic rings. The summed E-state index contributed by atoms with van der Waals surface area (Å²) in [4.78, 5) is 37.2. The molecule has 8 nitrogen and oxygen atoms in total. The summed E-state index contributed by atoms with van der Waals surface area (Å²) in [5.41, 5.74) is 1.36. The van der Waals surface area contributed by atoms with Crippen LogP contribution in [0.1, 0.15) is 54.3 Å². The highest BCUT2D eigenvalue weighted by atomic mass is 32.1. The van der Waals surface area contributed by atoms with Gasteiger partial charge in [-0.05, 0) is 33.3 Å². The number of anilines is 1. The van der Waals surface area contributed by atoms with Crippen molar-refractivity contribution in [2.75, 3.05) is 19.0 Å². The number of carbonyl (C=O) groups is 3. The number of carbonyl (C=O) groups excluding carboxylic acids is 3. The molecule has 2 heterocycles. The fraction of sp³-hybridized carbons (Fsp3) is 0.375. The van der Waals surface area contributed by atoms with Crippen molar-refractivity contribution in [3.05, 3.63) is 33.0 Å². The second kappa shape index (κ2) is 7.47. The van der Waals surface area contributed by atoms with Crippen molar-refractivity contribution in [1.82, 2.24) is 10.5 Å². The van der Waals surface area contributed by atoms with E-state index in [2.05, 4.69) is 15.8 Å². The Balaban J connectivity index is 2.47. The molecule has 0 radical (unpaired) electrons. The number of esters is 1. The van der Waals surface area contributed by atoms with E-state index in [4.69, 9.17) is 9.26 Å². The summed E-state index contributed by atoms with van der Waals surface area (Å²) in [5.74, 6) is -1.04. The van der Waals surface area contributed by atoms with Crippen LogP contribution in [0.4, 0.5) is 5.00 Å². The first-order chi connectivity index (χ1) is 11.8. The summed E-state index contributed by atoms with van der Waals surface area (Å²) >= 11 is 1.01. The van der Waals surface area contributed by atoms with Crippen LogP contribution in [0.25, 0.3) is 0 Å². The monoisotopic (exact) mass is 365 g/mol. The maximum atomic E-state index is 12.6. The summed E-state index contributed by atoms with van der Waals surface area (Å²) < 4.78 is 10.0. The molecule has 0 bridgehead atoms. The van der Waals surface area contributed by atoms with E-state index in [1.165, 1.54) is 7.05 Å². The van der Waals surface area contributed by atoms with E-state index in [-0.39, 0.29) is 23.1 Å². The van der Waals surface area contributed by atoms with Gasteiger partial charge in [-0.2, -0.15) is 0 Å². The zero-order chi connectivity index (χ0) is 18.7. The molecule has 0 spiro atoms. The third kappa shape index (κ3) is 3.55. The van der Waals surface area contributed by atoms with Gasteiger partial charge in [0.2, 0.25) is 0 Å². The summed E-state index contributed by atoms with van der Waals surface area (Å²) in [6.07, 6.45) is 0. The largest absolute Gasteiger partial charge is 0.462 e. The average Bonchev–Trinajstić information content (AvgIpc) is 3.06. The van der Waals surface area contributed by atoms with Crippen molar-refractivity contribution in [3.8, 4) is 0 Å². The Morgan fingerprint density at radius 1 is 1.16 bits per heavy atom. The number of hydrogen-bond donors (Lipinski definition) is 2. The Kier molecular flexibility index (Phi) is 5.58. The SMILES string of the molecule is CCOC(=O)c1c(NC(=O)c2c(C)noc2C)sc(C(=O)NC)c1C. The van der Waals surface area contributed by atoms with E-state index < -0.39 is 11.9 Å². The van der Waals surface area contributed by atoms with Gasteiger partial charge in [0.25, 0.3) is 11.8 Å². The molecular weight excluding hydrogens is 346 g/mol. The molecule has 0 aliphatic rings. The maximum Gasteiger partial charge on any atom is 0.341 e. The standard InChI is InChI=1S/C16H19N3O5S/c1-6-23-16(22)10-7(2)12(14(21)17-5)25-15(10)18-13(20)11-8(3)19-24-9(11)4/h6H2,1-5H3,(H,17,21)(H,18,20). The van der Waals surface area contributed by atoms with Gasteiger partial charge in [-0.15, -0.1) is 11.3 Å². The number of hydrogen-bond acceptors (Lipinski definition) is 7. The Morgan fingerprint density at radius 3 is 2.36 bits per heavy atom. The van der Waals surface area contributed by atoms with Gasteiger partial charge in [0, 0.05) is 7.05 Å². The first kappa shape index (κ1) is 18.7. The molecule has 9 heteroatoms. The lowest BCUT2D eigenvalue weighted by molar-refractivity contribution is 0.0527. The van der Waals surface area contributed by atoms with Crippen molar-refractivity contribution >= 4 is 34.1 Å². The molecular formula is C16H19N3O5S. The zero-order valence-corrected chi connectivity index (χ0v) is 15.4. The summed E-state index contributed by atoms with van der Waals surface area (Å²) in [6, 6.07) is 0. The quantitative estimate of drug-likeness (QED) is 0.788. The van der Waals surface area contributed by atoms with Crippen LogP contribution in [0.2, 0.25) is 0 Å². The zero-order valence-electron chi connectivity index (χ0n) is 14.6. The van der Waals surface area contributed by atoms with E-state index in [1.807, 2.05) is 0 Å². The predicted octanol–water partition coefficient (Wildman–Crippen LogP) is 2.45. The van der Waals surface area contributed by atoms with Crippen molar-refractivity contribution in [2.45, 2.75) is 27.7 Å². The van der Waals surface area contributed by atoms with Crippen LogP contribution < -0.4 is 10.6 Å². The number of ether oxygens (including phenoxy) is 1. The lowest BCUT2D eigenvalue weighted by Gasteiger charge is -2.07. The fourth-order valence-corrected chi connectivity index (χ4v) is 3.49. The number of thiophene rings is 1. The lowest BCUT2D eigenvalue weighted by Crippen LogP contribution is -2.18. The molecule has 0 atom stereocenters. The van der Waals surface area contributed by atoms with E-state index in [0.717, 1.165) is 11.3 Å². The van der Waals surface area contributed by atoms with Crippen LogP contribution in [0.15, 0.2) is 4.52 Å². The topological polar surface area (TPSA) is 111 Å². The minimum atomic E-state index is -0.597. The molecule has 0 unspecified atom stereocenters. The summed E-state index contributed by atoms with van der Waals surface area (Å²) in [5, 5.41) is 9.18. The second-order valence-corrected chi connectivity index (χ2v) is 6.23. The Hall–Kier alpha value is -2.68. The van der Waals surface area contributed by atoms with Gasteiger partial charge in [-0.1, -0.05) is 5.16 Å². The van der Waals surface area contributed by atoms with Crippen LogP contribution >= 0.6 is 11.3 Å². The number of nitrogens with zero attached hydrogens (tertiary/aromatic N) is 1. The average molecular weight is 365 g/mol. The highest BCUT2D eigenvalue weighted by Gasteiger charge is 2.27. The van der Waals surface area contributed by atoms with E-state index >= 15 is 0 Å². The Labute approximate surface area is 148 Å². The van der Waals surface area contributed by atoms with Crippen LogP contribution in [-0.4, -0.2) is 36.6 Å². The molecule has 2 amide bonds. The Morgan fingerprint density at radius 2 is 1.84 bits per heavy atom. The van der Waals surface area contributed by atoms with Gasteiger partial charge in [-0.3, -0.25) is 9.59 Å². The molecule has 2 rings (SSSR count). The molecule has 2 aromatic heterocycles. The van der Waals surface area contributed by atoms with E-state index in [0.29, 0.717) is 27.5 Å². The molecule has 0 fully saturated rings. The van der Waals surface area contributed by atoms with Gasteiger partial charge in [0.15, 0.2) is 0 Å². The third-order valence-corrected chi connectivity index (χ3v) is 4.75. The Bertz CT molecular complexity index is 818. The van der Waals surface area contributed by atoms with Crippen molar-refractivity contribution in [2.24, 2.45) is 0 Å². The van der Waals surface area contributed by atoms with Crippen molar-refractivity contribution in [3.63, 3.8) is 0 Å². The number of aryl methyl sites for hydroxylation is 2. The summed E-state index contributed by atoms with van der Waals surface area (Å²) in [6.45, 7) is 6.77. The minimum Gasteiger partial charge on any atom is -0.462 e. The first-order valence-corrected chi connectivity index (χ1v) is 8.40. The number of nitrogens with one attached hydrogen (secondary N) is 2. The van der Waals surface area contributed by atoms with Gasteiger partial charge >= 0.3 is 5.97 Å². The van der Waals surface area contributed by atoms with E-state index in [9.17, 15) is 14.4 Å². The molecule has 2 N–H and O–H groups in total. The molecule has 25 heavy (non-hydrogen) atoms. The summed E-state index contributed by atoms with van der Waals surface area (Å²) in [7, 11) is 1.49. The fourth-order valence-electron chi connectivity index (χ4n) is 2.35. The van der Waals surface area contributed by atoms with Crippen LogP contribution in [-0.2, 0) is 4.74 Å². The van der Waals surface area contributed by atoms with Crippen molar-refractivity contribution < 1.29 is 23.6 Å². The number of rotatable bonds is 5. The van der Waals surface area contributed by atoms with Crippen LogP contribution in [0, 0.1) is 20.8 Å². The minimum absolute atomic E-state index is 0.172. The second-order valence-electron chi connectivity index (χ2n) is 5.21. The van der Waals surface area contributed by atoms with Gasteiger partial charge < -0.3 is 19.9 Å². The molecule has 134 valence electrons. The lowest BCUT2D eigenvalue weighted by atomic mass is 10.1. The van der Waals surface area contributed by atoms with Crippen molar-refractivity contribution in [1.29, 1.82) is 0 Å². The van der Waals surface area contributed by atoms with Gasteiger partial charge in [-0.25, -0.2) is 4.79 Å². The highest BCUT2D eigenvalue weighted by Crippen LogP contribution is 2.34. The van der Waals surface area contributed by atoms with Gasteiger partial charge in [0.05, 0.1) is 22.7 Å².